The highest BCUT2D eigenvalue weighted by Crippen LogP contribution is 2.32. The molecule has 1 aliphatic heterocycles. The van der Waals surface area contributed by atoms with Crippen LogP contribution in [0.25, 0.3) is 0 Å². The first-order valence-electron chi connectivity index (χ1n) is 6.50. The zero-order valence-electron chi connectivity index (χ0n) is 11.3. The molecule has 0 radical (unpaired) electrons. The third-order valence-electron chi connectivity index (χ3n) is 3.30. The van der Waals surface area contributed by atoms with E-state index in [1.54, 1.807) is 0 Å². The van der Waals surface area contributed by atoms with Gasteiger partial charge in [0.2, 0.25) is 0 Å². The van der Waals surface area contributed by atoms with Crippen LogP contribution in [0.3, 0.4) is 0 Å². The number of hydrogen-bond acceptors (Lipinski definition) is 2. The van der Waals surface area contributed by atoms with Gasteiger partial charge in [-0.2, -0.15) is 0 Å². The van der Waals surface area contributed by atoms with Gasteiger partial charge in [-0.25, -0.2) is 0 Å². The van der Waals surface area contributed by atoms with Gasteiger partial charge in [0.15, 0.2) is 0 Å². The van der Waals surface area contributed by atoms with Gasteiger partial charge < -0.3 is 4.90 Å². The molecule has 0 aromatic carbocycles. The third kappa shape index (κ3) is 2.36. The molecule has 1 aliphatic rings. The quantitative estimate of drug-likeness (QED) is 0.722. The molecule has 0 amide bonds. The average molecular weight is 230 g/mol. The number of pyridine rings is 1. The molecule has 0 N–H and O–H groups in total. The molecule has 0 saturated carbocycles. The molecule has 2 nitrogen and oxygen atoms in total. The first-order chi connectivity index (χ1) is 8.11. The monoisotopic (exact) mass is 230 g/mol. The van der Waals surface area contributed by atoms with Gasteiger partial charge in [-0.1, -0.05) is 26.0 Å². The lowest BCUT2D eigenvalue weighted by atomic mass is 10.0. The summed E-state index contributed by atoms with van der Waals surface area (Å²) in [6, 6.07) is 2.67. The second-order valence-corrected chi connectivity index (χ2v) is 5.28. The highest BCUT2D eigenvalue weighted by Gasteiger charge is 2.21. The van der Waals surface area contributed by atoms with Crippen molar-refractivity contribution in [2.45, 2.75) is 46.1 Å². The lowest BCUT2D eigenvalue weighted by Crippen LogP contribution is -2.32. The Balaban J connectivity index is 2.55. The number of anilines is 1. The van der Waals surface area contributed by atoms with E-state index < -0.39 is 0 Å². The van der Waals surface area contributed by atoms with Crippen molar-refractivity contribution >= 4 is 5.69 Å². The third-order valence-corrected chi connectivity index (χ3v) is 3.30. The Morgan fingerprint density at radius 2 is 1.94 bits per heavy atom. The minimum atomic E-state index is 0.476. The molecular formula is C15H22N2. The van der Waals surface area contributed by atoms with Gasteiger partial charge in [0.25, 0.3) is 0 Å². The molecule has 2 heteroatoms. The number of allylic oxidation sites excluding steroid dienone is 1. The largest absolute Gasteiger partial charge is 0.364 e. The van der Waals surface area contributed by atoms with Gasteiger partial charge in [0.05, 0.1) is 11.4 Å². The summed E-state index contributed by atoms with van der Waals surface area (Å²) in [4.78, 5) is 7.06. The first-order valence-corrected chi connectivity index (χ1v) is 6.50. The zero-order chi connectivity index (χ0) is 12.4. The van der Waals surface area contributed by atoms with Gasteiger partial charge in [0.1, 0.15) is 0 Å². The van der Waals surface area contributed by atoms with Crippen LogP contribution in [0.5, 0.6) is 0 Å². The Hall–Kier alpha value is -1.31. The highest BCUT2D eigenvalue weighted by molar-refractivity contribution is 5.60. The Morgan fingerprint density at radius 1 is 1.18 bits per heavy atom. The van der Waals surface area contributed by atoms with Crippen LogP contribution < -0.4 is 4.90 Å². The van der Waals surface area contributed by atoms with Crippen LogP contribution in [0, 0.1) is 0 Å². The lowest BCUT2D eigenvalue weighted by molar-refractivity contribution is 0.703. The summed E-state index contributed by atoms with van der Waals surface area (Å²) in [5.74, 6) is 0.476. The minimum Gasteiger partial charge on any atom is -0.364 e. The number of rotatable bonds is 2. The number of hydrogen-bond donors (Lipinski definition) is 0. The number of aromatic nitrogens is 1. The SMILES string of the molecule is CC(C)c1nccc2c1N(C(C)C)CC=CC2. The highest BCUT2D eigenvalue weighted by atomic mass is 15.2. The summed E-state index contributed by atoms with van der Waals surface area (Å²) in [5, 5.41) is 0. The van der Waals surface area contributed by atoms with E-state index in [-0.39, 0.29) is 0 Å². The molecule has 1 aromatic heterocycles. The van der Waals surface area contributed by atoms with Gasteiger partial charge >= 0.3 is 0 Å². The molecule has 0 saturated heterocycles. The van der Waals surface area contributed by atoms with E-state index in [0.717, 1.165) is 13.0 Å². The van der Waals surface area contributed by atoms with Crippen molar-refractivity contribution in [3.8, 4) is 0 Å². The Bertz CT molecular complexity index is 419. The van der Waals surface area contributed by atoms with Crippen LogP contribution in [0.1, 0.15) is 44.9 Å². The van der Waals surface area contributed by atoms with E-state index in [9.17, 15) is 0 Å². The van der Waals surface area contributed by atoms with Crippen molar-refractivity contribution in [1.29, 1.82) is 0 Å². The predicted molar refractivity (Wildman–Crippen MR) is 73.7 cm³/mol. The molecule has 2 rings (SSSR count). The van der Waals surface area contributed by atoms with Crippen molar-refractivity contribution in [2.75, 3.05) is 11.4 Å². The fraction of sp³-hybridized carbons (Fsp3) is 0.533. The molecule has 0 spiro atoms. The van der Waals surface area contributed by atoms with Crippen LogP contribution in [0.4, 0.5) is 5.69 Å². The first kappa shape index (κ1) is 12.2. The summed E-state index contributed by atoms with van der Waals surface area (Å²) in [5.41, 5.74) is 4.01. The standard InChI is InChI=1S/C15H22N2/c1-11(2)14-15-13(8-9-16-14)7-5-6-10-17(15)12(3)4/h5-6,8-9,11-12H,7,10H2,1-4H3. The predicted octanol–water partition coefficient (Wildman–Crippen LogP) is 3.53. The Labute approximate surface area is 104 Å². The van der Waals surface area contributed by atoms with Crippen molar-refractivity contribution in [1.82, 2.24) is 4.98 Å². The molecule has 2 heterocycles. The Kier molecular flexibility index (Phi) is 3.51. The lowest BCUT2D eigenvalue weighted by Gasteiger charge is -2.31. The minimum absolute atomic E-state index is 0.476. The molecule has 0 unspecified atom stereocenters. The second kappa shape index (κ2) is 4.91. The maximum Gasteiger partial charge on any atom is 0.0665 e. The van der Waals surface area contributed by atoms with Crippen LogP contribution in [-0.4, -0.2) is 17.6 Å². The van der Waals surface area contributed by atoms with Gasteiger partial charge in [-0.05, 0) is 37.8 Å². The molecule has 0 bridgehead atoms. The van der Waals surface area contributed by atoms with Crippen LogP contribution in [-0.2, 0) is 6.42 Å². The fourth-order valence-corrected chi connectivity index (χ4v) is 2.39. The summed E-state index contributed by atoms with van der Waals surface area (Å²) >= 11 is 0. The summed E-state index contributed by atoms with van der Waals surface area (Å²) in [6.45, 7) is 9.94. The summed E-state index contributed by atoms with van der Waals surface area (Å²) in [7, 11) is 0. The van der Waals surface area contributed by atoms with E-state index >= 15 is 0 Å². The Morgan fingerprint density at radius 3 is 2.59 bits per heavy atom. The van der Waals surface area contributed by atoms with Gasteiger partial charge in [-0.3, -0.25) is 4.98 Å². The molecule has 17 heavy (non-hydrogen) atoms. The summed E-state index contributed by atoms with van der Waals surface area (Å²) < 4.78 is 0. The average Bonchev–Trinajstić information content (AvgIpc) is 2.50. The smallest absolute Gasteiger partial charge is 0.0665 e. The fourth-order valence-electron chi connectivity index (χ4n) is 2.39. The molecule has 0 fully saturated rings. The van der Waals surface area contributed by atoms with Crippen LogP contribution in [0.2, 0.25) is 0 Å². The van der Waals surface area contributed by atoms with E-state index in [1.165, 1.54) is 16.9 Å². The van der Waals surface area contributed by atoms with Crippen molar-refractivity contribution < 1.29 is 0 Å². The molecule has 0 aliphatic carbocycles. The molecule has 92 valence electrons. The van der Waals surface area contributed by atoms with Crippen molar-refractivity contribution in [2.24, 2.45) is 0 Å². The van der Waals surface area contributed by atoms with Crippen LogP contribution in [0.15, 0.2) is 24.4 Å². The second-order valence-electron chi connectivity index (χ2n) is 5.28. The summed E-state index contributed by atoms with van der Waals surface area (Å²) in [6.07, 6.45) is 7.52. The maximum atomic E-state index is 4.60. The van der Waals surface area contributed by atoms with E-state index in [4.69, 9.17) is 0 Å². The van der Waals surface area contributed by atoms with Gasteiger partial charge in [-0.15, -0.1) is 0 Å². The number of nitrogens with zero attached hydrogens (tertiary/aromatic N) is 2. The van der Waals surface area contributed by atoms with E-state index in [2.05, 4.69) is 55.8 Å². The topological polar surface area (TPSA) is 16.1 Å². The molecule has 0 atom stereocenters. The normalized spacial score (nSPS) is 15.3. The van der Waals surface area contributed by atoms with E-state index in [1.807, 2.05) is 6.20 Å². The molecule has 1 aromatic rings. The van der Waals surface area contributed by atoms with E-state index in [0.29, 0.717) is 12.0 Å². The van der Waals surface area contributed by atoms with Crippen LogP contribution >= 0.6 is 0 Å². The molecular weight excluding hydrogens is 208 g/mol. The van der Waals surface area contributed by atoms with Crippen molar-refractivity contribution in [3.63, 3.8) is 0 Å². The van der Waals surface area contributed by atoms with Gasteiger partial charge in [0, 0.05) is 18.8 Å². The maximum absolute atomic E-state index is 4.60. The zero-order valence-corrected chi connectivity index (χ0v) is 11.3. The number of fused-ring (bicyclic) bond motifs is 1. The van der Waals surface area contributed by atoms with Crippen molar-refractivity contribution in [3.05, 3.63) is 35.7 Å².